The summed E-state index contributed by atoms with van der Waals surface area (Å²) in [5, 5.41) is 4.21. The molecule has 0 aliphatic carbocycles. The third-order valence-electron chi connectivity index (χ3n) is 3.17. The highest BCUT2D eigenvalue weighted by molar-refractivity contribution is 7.20. The van der Waals surface area contributed by atoms with Gasteiger partial charge in [0.1, 0.15) is 0 Å². The SMILES string of the molecule is c1ccc(-c2ccccc2)cc1.c1csc(-c2cccs2)c1. The fourth-order valence-corrected chi connectivity index (χ4v) is 3.68. The molecule has 0 fully saturated rings. The molecule has 0 unspecified atom stereocenters. The maximum absolute atomic E-state index is 2.15. The molecule has 4 aromatic rings. The van der Waals surface area contributed by atoms with E-state index in [1.54, 1.807) is 22.7 Å². The summed E-state index contributed by atoms with van der Waals surface area (Å²) in [7, 11) is 0. The highest BCUT2D eigenvalue weighted by Gasteiger charge is 1.96. The molecule has 0 amide bonds. The van der Waals surface area contributed by atoms with Crippen molar-refractivity contribution in [3.63, 3.8) is 0 Å². The van der Waals surface area contributed by atoms with Crippen molar-refractivity contribution < 1.29 is 0 Å². The average Bonchev–Trinajstić information content (AvgIpc) is 3.30. The van der Waals surface area contributed by atoms with Crippen molar-refractivity contribution in [2.24, 2.45) is 0 Å². The van der Waals surface area contributed by atoms with Gasteiger partial charge in [0.05, 0.1) is 0 Å². The minimum absolute atomic E-state index is 1.28. The van der Waals surface area contributed by atoms with Crippen molar-refractivity contribution in [2.45, 2.75) is 0 Å². The lowest BCUT2D eigenvalue weighted by Gasteiger charge is -1.98. The van der Waals surface area contributed by atoms with Crippen molar-refractivity contribution in [2.75, 3.05) is 0 Å². The van der Waals surface area contributed by atoms with Gasteiger partial charge in [0.2, 0.25) is 0 Å². The molecule has 2 aromatic carbocycles. The van der Waals surface area contributed by atoms with Crippen LogP contribution in [0.3, 0.4) is 0 Å². The van der Waals surface area contributed by atoms with Crippen molar-refractivity contribution >= 4 is 22.7 Å². The first kappa shape index (κ1) is 14.8. The summed E-state index contributed by atoms with van der Waals surface area (Å²) in [6.45, 7) is 0. The third-order valence-corrected chi connectivity index (χ3v) is 5.10. The third kappa shape index (κ3) is 3.94. The topological polar surface area (TPSA) is 0 Å². The molecule has 2 aromatic heterocycles. The predicted octanol–water partition coefficient (Wildman–Crippen LogP) is 6.83. The Kier molecular flexibility index (Phi) is 5.19. The Labute approximate surface area is 139 Å². The molecule has 0 aliphatic rings. The van der Waals surface area contributed by atoms with E-state index in [4.69, 9.17) is 0 Å². The Bertz CT molecular complexity index is 685. The molecule has 0 radical (unpaired) electrons. The maximum Gasteiger partial charge on any atom is 0.0442 e. The standard InChI is InChI=1S/C12H10.C8H6S2/c1-3-7-11(8-4-1)12-9-5-2-6-10-12;1-3-7(9-5-1)8-4-2-6-10-8/h1-10H;1-6H. The van der Waals surface area contributed by atoms with Crippen LogP contribution in [0.1, 0.15) is 0 Å². The number of rotatable bonds is 2. The van der Waals surface area contributed by atoms with Crippen molar-refractivity contribution in [1.82, 2.24) is 0 Å². The molecule has 2 heteroatoms. The number of benzene rings is 2. The van der Waals surface area contributed by atoms with E-state index in [9.17, 15) is 0 Å². The molecular weight excluding hydrogens is 304 g/mol. The van der Waals surface area contributed by atoms with Gasteiger partial charge in [-0.25, -0.2) is 0 Å². The summed E-state index contributed by atoms with van der Waals surface area (Å²) in [4.78, 5) is 2.74. The Morgan fingerprint density at radius 2 is 0.818 bits per heavy atom. The van der Waals surface area contributed by atoms with Crippen LogP contribution in [0.5, 0.6) is 0 Å². The molecule has 0 aliphatic heterocycles. The van der Waals surface area contributed by atoms with E-state index in [1.807, 2.05) is 12.1 Å². The van der Waals surface area contributed by atoms with Crippen LogP contribution >= 0.6 is 22.7 Å². The van der Waals surface area contributed by atoms with Crippen molar-refractivity contribution in [3.8, 4) is 20.9 Å². The van der Waals surface area contributed by atoms with Gasteiger partial charge in [0.15, 0.2) is 0 Å². The average molecular weight is 320 g/mol. The summed E-state index contributed by atoms with van der Waals surface area (Å²) in [5.74, 6) is 0. The number of thiophene rings is 2. The van der Waals surface area contributed by atoms with Crippen molar-refractivity contribution in [3.05, 3.63) is 95.7 Å². The molecule has 2 heterocycles. The number of hydrogen-bond donors (Lipinski definition) is 0. The van der Waals surface area contributed by atoms with Crippen LogP contribution in [0.4, 0.5) is 0 Å². The molecule has 0 saturated carbocycles. The molecule has 108 valence electrons. The van der Waals surface area contributed by atoms with Gasteiger partial charge < -0.3 is 0 Å². The lowest BCUT2D eigenvalue weighted by Crippen LogP contribution is -1.73. The zero-order chi connectivity index (χ0) is 15.0. The van der Waals surface area contributed by atoms with Crippen LogP contribution in [0.2, 0.25) is 0 Å². The van der Waals surface area contributed by atoms with E-state index in [2.05, 4.69) is 83.6 Å². The van der Waals surface area contributed by atoms with Crippen LogP contribution in [0.25, 0.3) is 20.9 Å². The van der Waals surface area contributed by atoms with Gasteiger partial charge in [-0.1, -0.05) is 72.8 Å². The van der Waals surface area contributed by atoms with Crippen LogP contribution < -0.4 is 0 Å². The first-order valence-electron chi connectivity index (χ1n) is 7.11. The van der Waals surface area contributed by atoms with E-state index in [0.717, 1.165) is 0 Å². The van der Waals surface area contributed by atoms with Crippen LogP contribution in [0, 0.1) is 0 Å². The molecule has 0 saturated heterocycles. The minimum Gasteiger partial charge on any atom is -0.143 e. The van der Waals surface area contributed by atoms with Gasteiger partial charge in [-0.05, 0) is 34.0 Å². The second-order valence-electron chi connectivity index (χ2n) is 4.69. The first-order valence-corrected chi connectivity index (χ1v) is 8.87. The van der Waals surface area contributed by atoms with Crippen LogP contribution in [-0.2, 0) is 0 Å². The fourth-order valence-electron chi connectivity index (χ4n) is 2.10. The monoisotopic (exact) mass is 320 g/mol. The summed E-state index contributed by atoms with van der Waals surface area (Å²) in [6, 6.07) is 29.2. The first-order chi connectivity index (χ1) is 10.9. The van der Waals surface area contributed by atoms with Gasteiger partial charge in [0, 0.05) is 9.75 Å². The molecule has 22 heavy (non-hydrogen) atoms. The zero-order valence-electron chi connectivity index (χ0n) is 12.1. The van der Waals surface area contributed by atoms with E-state index >= 15 is 0 Å². The predicted molar refractivity (Wildman–Crippen MR) is 99.5 cm³/mol. The summed E-state index contributed by atoms with van der Waals surface area (Å²) in [5.41, 5.74) is 2.55. The second-order valence-corrected chi connectivity index (χ2v) is 6.58. The Morgan fingerprint density at radius 1 is 0.409 bits per heavy atom. The van der Waals surface area contributed by atoms with Gasteiger partial charge in [0.25, 0.3) is 0 Å². The fraction of sp³-hybridized carbons (Fsp3) is 0. The second kappa shape index (κ2) is 7.74. The van der Waals surface area contributed by atoms with E-state index in [-0.39, 0.29) is 0 Å². The molecule has 0 N–H and O–H groups in total. The van der Waals surface area contributed by atoms with E-state index in [1.165, 1.54) is 20.9 Å². The Morgan fingerprint density at radius 3 is 1.14 bits per heavy atom. The van der Waals surface area contributed by atoms with E-state index < -0.39 is 0 Å². The zero-order valence-corrected chi connectivity index (χ0v) is 13.7. The Hall–Kier alpha value is -2.16. The molecular formula is C20H16S2. The summed E-state index contributed by atoms with van der Waals surface area (Å²) >= 11 is 3.58. The smallest absolute Gasteiger partial charge is 0.0442 e. The largest absolute Gasteiger partial charge is 0.143 e. The Balaban J connectivity index is 0.000000133. The lowest BCUT2D eigenvalue weighted by atomic mass is 10.1. The molecule has 0 bridgehead atoms. The van der Waals surface area contributed by atoms with Gasteiger partial charge in [-0.15, -0.1) is 22.7 Å². The highest BCUT2D eigenvalue weighted by atomic mass is 32.1. The van der Waals surface area contributed by atoms with Crippen LogP contribution in [-0.4, -0.2) is 0 Å². The number of hydrogen-bond acceptors (Lipinski definition) is 2. The molecule has 0 atom stereocenters. The highest BCUT2D eigenvalue weighted by Crippen LogP contribution is 2.28. The minimum atomic E-state index is 1.28. The van der Waals surface area contributed by atoms with Crippen LogP contribution in [0.15, 0.2) is 95.7 Å². The van der Waals surface area contributed by atoms with Crippen molar-refractivity contribution in [1.29, 1.82) is 0 Å². The molecule has 0 nitrogen and oxygen atoms in total. The van der Waals surface area contributed by atoms with Gasteiger partial charge in [-0.2, -0.15) is 0 Å². The summed E-state index contributed by atoms with van der Waals surface area (Å²) < 4.78 is 0. The maximum atomic E-state index is 2.15. The molecule has 4 rings (SSSR count). The lowest BCUT2D eigenvalue weighted by molar-refractivity contribution is 1.62. The quantitative estimate of drug-likeness (QED) is 0.380. The van der Waals surface area contributed by atoms with Gasteiger partial charge >= 0.3 is 0 Å². The molecule has 0 spiro atoms. The normalized spacial score (nSPS) is 9.82. The van der Waals surface area contributed by atoms with E-state index in [0.29, 0.717) is 0 Å². The van der Waals surface area contributed by atoms with Gasteiger partial charge in [-0.3, -0.25) is 0 Å². The summed E-state index contributed by atoms with van der Waals surface area (Å²) in [6.07, 6.45) is 0.